The van der Waals surface area contributed by atoms with Gasteiger partial charge in [-0.05, 0) is 0 Å². The van der Waals surface area contributed by atoms with Crippen molar-refractivity contribution < 1.29 is 9.26 Å². The van der Waals surface area contributed by atoms with Gasteiger partial charge >= 0.3 is 0 Å². The van der Waals surface area contributed by atoms with Crippen LogP contribution in [0.25, 0.3) is 0 Å². The van der Waals surface area contributed by atoms with Crippen molar-refractivity contribution in [1.82, 2.24) is 5.16 Å². The first-order chi connectivity index (χ1) is 3.93. The van der Waals surface area contributed by atoms with Gasteiger partial charge in [0.15, 0.2) is 0 Å². The molecule has 3 nitrogen and oxygen atoms in total. The van der Waals surface area contributed by atoms with Crippen molar-refractivity contribution >= 4 is 0 Å². The zero-order valence-corrected chi connectivity index (χ0v) is 4.63. The van der Waals surface area contributed by atoms with Gasteiger partial charge in [-0.3, -0.25) is 0 Å². The first-order valence-corrected chi connectivity index (χ1v) is 2.31. The van der Waals surface area contributed by atoms with E-state index in [-0.39, 0.29) is 0 Å². The van der Waals surface area contributed by atoms with Crippen molar-refractivity contribution in [2.75, 3.05) is 7.11 Å². The molecule has 3 heteroatoms. The normalized spacial score (nSPS) is 9.62. The molecule has 0 aliphatic rings. The molecule has 0 aliphatic heterocycles. The molecule has 44 valence electrons. The SMILES string of the molecule is COCc1ccon1. The summed E-state index contributed by atoms with van der Waals surface area (Å²) in [5.41, 5.74) is 0.826. The van der Waals surface area contributed by atoms with Crippen LogP contribution in [0.1, 0.15) is 5.69 Å². The van der Waals surface area contributed by atoms with E-state index >= 15 is 0 Å². The average molecular weight is 113 g/mol. The van der Waals surface area contributed by atoms with Crippen molar-refractivity contribution in [3.63, 3.8) is 0 Å². The molecule has 0 atom stereocenters. The lowest BCUT2D eigenvalue weighted by Gasteiger charge is -1.86. The molecule has 0 N–H and O–H groups in total. The standard InChI is InChI=1S/C5H7NO2/c1-7-4-5-2-3-8-6-5/h2-3H,4H2,1H3. The van der Waals surface area contributed by atoms with Crippen LogP contribution >= 0.6 is 0 Å². The highest BCUT2D eigenvalue weighted by atomic mass is 16.5. The van der Waals surface area contributed by atoms with E-state index in [1.807, 2.05) is 0 Å². The van der Waals surface area contributed by atoms with Gasteiger partial charge in [0, 0.05) is 13.2 Å². The van der Waals surface area contributed by atoms with E-state index in [9.17, 15) is 0 Å². The molecule has 0 spiro atoms. The van der Waals surface area contributed by atoms with Gasteiger partial charge in [0.1, 0.15) is 12.0 Å². The van der Waals surface area contributed by atoms with Crippen LogP contribution in [0.4, 0.5) is 0 Å². The Bertz CT molecular complexity index is 136. The summed E-state index contributed by atoms with van der Waals surface area (Å²) in [7, 11) is 1.62. The first-order valence-electron chi connectivity index (χ1n) is 2.31. The summed E-state index contributed by atoms with van der Waals surface area (Å²) >= 11 is 0. The maximum Gasteiger partial charge on any atom is 0.124 e. The molecular weight excluding hydrogens is 106 g/mol. The highest BCUT2D eigenvalue weighted by Gasteiger charge is 1.90. The lowest BCUT2D eigenvalue weighted by molar-refractivity contribution is 0.177. The Balaban J connectivity index is 2.50. The summed E-state index contributed by atoms with van der Waals surface area (Å²) in [5.74, 6) is 0. The van der Waals surface area contributed by atoms with Crippen LogP contribution < -0.4 is 0 Å². The zero-order chi connectivity index (χ0) is 5.82. The largest absolute Gasteiger partial charge is 0.378 e. The third kappa shape index (κ3) is 1.07. The molecule has 1 rings (SSSR count). The van der Waals surface area contributed by atoms with E-state index in [0.29, 0.717) is 6.61 Å². The van der Waals surface area contributed by atoms with E-state index in [4.69, 9.17) is 4.74 Å². The lowest BCUT2D eigenvalue weighted by atomic mass is 10.5. The fourth-order valence-corrected chi connectivity index (χ4v) is 0.460. The monoisotopic (exact) mass is 113 g/mol. The summed E-state index contributed by atoms with van der Waals surface area (Å²) in [6.07, 6.45) is 1.52. The van der Waals surface area contributed by atoms with Crippen LogP contribution in [0, 0.1) is 0 Å². The van der Waals surface area contributed by atoms with E-state index in [1.54, 1.807) is 13.2 Å². The number of ether oxygens (including phenoxy) is 1. The zero-order valence-electron chi connectivity index (χ0n) is 4.63. The Morgan fingerprint density at radius 3 is 3.25 bits per heavy atom. The van der Waals surface area contributed by atoms with Crippen LogP contribution in [0.3, 0.4) is 0 Å². The number of aromatic nitrogens is 1. The topological polar surface area (TPSA) is 35.3 Å². The molecule has 0 radical (unpaired) electrons. The molecular formula is C5H7NO2. The van der Waals surface area contributed by atoms with Gasteiger partial charge in [0.25, 0.3) is 0 Å². The lowest BCUT2D eigenvalue weighted by Crippen LogP contribution is -1.84. The maximum absolute atomic E-state index is 4.76. The minimum absolute atomic E-state index is 0.524. The van der Waals surface area contributed by atoms with Gasteiger partial charge in [0.05, 0.1) is 6.61 Å². The molecule has 0 amide bonds. The molecule has 1 heterocycles. The van der Waals surface area contributed by atoms with E-state index in [0.717, 1.165) is 5.69 Å². The number of methoxy groups -OCH3 is 1. The predicted molar refractivity (Wildman–Crippen MR) is 27.2 cm³/mol. The second kappa shape index (κ2) is 2.47. The summed E-state index contributed by atoms with van der Waals surface area (Å²) < 4.78 is 9.30. The second-order valence-corrected chi connectivity index (χ2v) is 1.42. The van der Waals surface area contributed by atoms with E-state index < -0.39 is 0 Å². The van der Waals surface area contributed by atoms with Crippen LogP contribution in [0.2, 0.25) is 0 Å². The Labute approximate surface area is 47.2 Å². The molecule has 0 saturated heterocycles. The fraction of sp³-hybridized carbons (Fsp3) is 0.400. The highest BCUT2D eigenvalue weighted by molar-refractivity contribution is 4.92. The minimum atomic E-state index is 0.524. The van der Waals surface area contributed by atoms with Crippen molar-refractivity contribution in [1.29, 1.82) is 0 Å². The Hall–Kier alpha value is -0.830. The average Bonchev–Trinajstić information content (AvgIpc) is 2.19. The van der Waals surface area contributed by atoms with Gasteiger partial charge < -0.3 is 9.26 Å². The van der Waals surface area contributed by atoms with Gasteiger partial charge in [0.2, 0.25) is 0 Å². The minimum Gasteiger partial charge on any atom is -0.378 e. The van der Waals surface area contributed by atoms with Gasteiger partial charge in [-0.25, -0.2) is 0 Å². The molecule has 0 saturated carbocycles. The van der Waals surface area contributed by atoms with Gasteiger partial charge in [-0.15, -0.1) is 0 Å². The quantitative estimate of drug-likeness (QED) is 0.569. The molecule has 1 aromatic rings. The number of hydrogen-bond acceptors (Lipinski definition) is 3. The van der Waals surface area contributed by atoms with Crippen molar-refractivity contribution in [2.45, 2.75) is 6.61 Å². The highest BCUT2D eigenvalue weighted by Crippen LogP contribution is 1.93. The fourth-order valence-electron chi connectivity index (χ4n) is 0.460. The van der Waals surface area contributed by atoms with Crippen LogP contribution in [-0.4, -0.2) is 12.3 Å². The molecule has 0 aliphatic carbocycles. The third-order valence-electron chi connectivity index (χ3n) is 0.783. The first kappa shape index (κ1) is 5.31. The molecule has 8 heavy (non-hydrogen) atoms. The number of nitrogens with zero attached hydrogens (tertiary/aromatic N) is 1. The smallest absolute Gasteiger partial charge is 0.124 e. The molecule has 0 aromatic carbocycles. The van der Waals surface area contributed by atoms with Crippen molar-refractivity contribution in [2.24, 2.45) is 0 Å². The van der Waals surface area contributed by atoms with E-state index in [2.05, 4.69) is 9.68 Å². The van der Waals surface area contributed by atoms with Crippen molar-refractivity contribution in [3.05, 3.63) is 18.0 Å². The maximum atomic E-state index is 4.76. The predicted octanol–water partition coefficient (Wildman–Crippen LogP) is 0.821. The van der Waals surface area contributed by atoms with Crippen LogP contribution in [0.15, 0.2) is 16.9 Å². The summed E-state index contributed by atoms with van der Waals surface area (Å²) in [6, 6.07) is 1.77. The number of rotatable bonds is 2. The van der Waals surface area contributed by atoms with Crippen LogP contribution in [-0.2, 0) is 11.3 Å². The molecule has 0 bridgehead atoms. The Morgan fingerprint density at radius 1 is 1.88 bits per heavy atom. The molecule has 0 unspecified atom stereocenters. The Kier molecular flexibility index (Phi) is 1.64. The molecule has 1 aromatic heterocycles. The third-order valence-corrected chi connectivity index (χ3v) is 0.783. The summed E-state index contributed by atoms with van der Waals surface area (Å²) in [4.78, 5) is 0. The summed E-state index contributed by atoms with van der Waals surface area (Å²) in [5, 5.41) is 3.61. The Morgan fingerprint density at radius 2 is 2.75 bits per heavy atom. The van der Waals surface area contributed by atoms with Gasteiger partial charge in [-0.2, -0.15) is 0 Å². The number of hydrogen-bond donors (Lipinski definition) is 0. The summed E-state index contributed by atoms with van der Waals surface area (Å²) in [6.45, 7) is 0.524. The second-order valence-electron chi connectivity index (χ2n) is 1.42. The van der Waals surface area contributed by atoms with Gasteiger partial charge in [-0.1, -0.05) is 5.16 Å². The van der Waals surface area contributed by atoms with E-state index in [1.165, 1.54) is 6.26 Å². The molecule has 0 fully saturated rings. The van der Waals surface area contributed by atoms with Crippen molar-refractivity contribution in [3.8, 4) is 0 Å². The van der Waals surface area contributed by atoms with Crippen LogP contribution in [0.5, 0.6) is 0 Å².